The van der Waals surface area contributed by atoms with Crippen molar-refractivity contribution in [1.29, 1.82) is 0 Å². The summed E-state index contributed by atoms with van der Waals surface area (Å²) in [6, 6.07) is 8.98. The second-order valence-corrected chi connectivity index (χ2v) is 4.23. The third-order valence-corrected chi connectivity index (χ3v) is 2.84. The maximum atomic E-state index is 13.7. The number of hydrogen-bond donors (Lipinski definition) is 1. The van der Waals surface area contributed by atoms with Crippen LogP contribution in [0.15, 0.2) is 36.4 Å². The predicted octanol–water partition coefficient (Wildman–Crippen LogP) is 3.01. The van der Waals surface area contributed by atoms with E-state index in [9.17, 15) is 8.78 Å². The van der Waals surface area contributed by atoms with Gasteiger partial charge in [-0.25, -0.2) is 8.78 Å². The van der Waals surface area contributed by atoms with E-state index in [1.54, 1.807) is 12.1 Å². The minimum absolute atomic E-state index is 0.0693. The first-order valence-corrected chi connectivity index (χ1v) is 6.07. The third-order valence-electron chi connectivity index (χ3n) is 2.84. The van der Waals surface area contributed by atoms with Crippen molar-refractivity contribution >= 4 is 0 Å². The average Bonchev–Trinajstić information content (AvgIpc) is 2.46. The predicted molar refractivity (Wildman–Crippen MR) is 71.6 cm³/mol. The van der Waals surface area contributed by atoms with Crippen molar-refractivity contribution in [1.82, 2.24) is 0 Å². The van der Waals surface area contributed by atoms with Gasteiger partial charge in [-0.05, 0) is 35.4 Å². The van der Waals surface area contributed by atoms with Gasteiger partial charge in [0.1, 0.15) is 6.61 Å². The Kier molecular flexibility index (Phi) is 4.53. The van der Waals surface area contributed by atoms with Crippen LogP contribution in [-0.2, 0) is 13.2 Å². The van der Waals surface area contributed by atoms with Crippen LogP contribution in [0.25, 0.3) is 0 Å². The molecule has 106 valence electrons. The molecule has 0 aromatic heterocycles. The van der Waals surface area contributed by atoms with E-state index in [2.05, 4.69) is 0 Å². The quantitative estimate of drug-likeness (QED) is 0.915. The van der Waals surface area contributed by atoms with Crippen LogP contribution in [0.5, 0.6) is 11.5 Å². The molecule has 0 unspecified atom stereocenters. The van der Waals surface area contributed by atoms with E-state index >= 15 is 0 Å². The van der Waals surface area contributed by atoms with Crippen LogP contribution in [0.4, 0.5) is 8.78 Å². The van der Waals surface area contributed by atoms with Crippen molar-refractivity contribution in [2.24, 2.45) is 5.73 Å². The molecule has 0 amide bonds. The fourth-order valence-electron chi connectivity index (χ4n) is 1.75. The van der Waals surface area contributed by atoms with Gasteiger partial charge in [0.15, 0.2) is 23.1 Å². The highest BCUT2D eigenvalue weighted by Crippen LogP contribution is 2.21. The van der Waals surface area contributed by atoms with E-state index < -0.39 is 11.6 Å². The smallest absolute Gasteiger partial charge is 0.165 e. The van der Waals surface area contributed by atoms with E-state index in [-0.39, 0.29) is 24.7 Å². The zero-order valence-corrected chi connectivity index (χ0v) is 11.0. The number of rotatable bonds is 5. The Morgan fingerprint density at radius 2 is 1.55 bits per heavy atom. The van der Waals surface area contributed by atoms with Crippen LogP contribution in [0, 0.1) is 11.6 Å². The Labute approximate surface area is 115 Å². The number of hydrogen-bond acceptors (Lipinski definition) is 3. The molecule has 2 aromatic rings. The van der Waals surface area contributed by atoms with Crippen molar-refractivity contribution in [2.45, 2.75) is 13.2 Å². The number of nitrogens with two attached hydrogens (primary N) is 1. The van der Waals surface area contributed by atoms with Crippen molar-refractivity contribution in [2.75, 3.05) is 7.11 Å². The molecule has 0 radical (unpaired) electrons. The van der Waals surface area contributed by atoms with Gasteiger partial charge in [-0.3, -0.25) is 0 Å². The monoisotopic (exact) mass is 279 g/mol. The molecule has 2 N–H and O–H groups in total. The molecule has 5 heteroatoms. The van der Waals surface area contributed by atoms with Gasteiger partial charge in [-0.2, -0.15) is 0 Å². The molecule has 2 rings (SSSR count). The first-order chi connectivity index (χ1) is 9.63. The lowest BCUT2D eigenvalue weighted by atomic mass is 10.2. The molecule has 0 fully saturated rings. The summed E-state index contributed by atoms with van der Waals surface area (Å²) in [5, 5.41) is 0. The van der Waals surface area contributed by atoms with Crippen molar-refractivity contribution in [3.8, 4) is 11.5 Å². The second-order valence-electron chi connectivity index (χ2n) is 4.23. The van der Waals surface area contributed by atoms with Gasteiger partial charge in [-0.1, -0.05) is 12.1 Å². The first-order valence-electron chi connectivity index (χ1n) is 6.07. The Hall–Kier alpha value is -2.14. The molecule has 2 aromatic carbocycles. The van der Waals surface area contributed by atoms with Gasteiger partial charge in [0, 0.05) is 6.54 Å². The molecule has 0 saturated heterocycles. The zero-order valence-electron chi connectivity index (χ0n) is 11.0. The molecule has 0 spiro atoms. The normalized spacial score (nSPS) is 10.4. The van der Waals surface area contributed by atoms with Crippen LogP contribution in [0.3, 0.4) is 0 Å². The molecule has 20 heavy (non-hydrogen) atoms. The summed E-state index contributed by atoms with van der Waals surface area (Å²) in [6.45, 7) is 0.334. The lowest BCUT2D eigenvalue weighted by Crippen LogP contribution is -2.01. The topological polar surface area (TPSA) is 44.5 Å². The maximum absolute atomic E-state index is 13.7. The standard InChI is InChI=1S/C15H15F2NO2/c1-19-14-4-3-11(7-12(14)16)9-20-15-5-2-10(8-18)6-13(15)17/h2-7H,8-9,18H2,1H3. The maximum Gasteiger partial charge on any atom is 0.165 e. The van der Waals surface area contributed by atoms with Crippen LogP contribution < -0.4 is 15.2 Å². The Bertz CT molecular complexity index is 602. The number of benzene rings is 2. The van der Waals surface area contributed by atoms with E-state index in [0.717, 1.165) is 0 Å². The van der Waals surface area contributed by atoms with Gasteiger partial charge in [0.2, 0.25) is 0 Å². The van der Waals surface area contributed by atoms with E-state index in [0.29, 0.717) is 11.1 Å². The van der Waals surface area contributed by atoms with Crippen molar-refractivity contribution < 1.29 is 18.3 Å². The summed E-state index contributed by atoms with van der Waals surface area (Å²) >= 11 is 0. The summed E-state index contributed by atoms with van der Waals surface area (Å²) in [5.74, 6) is -0.694. The van der Waals surface area contributed by atoms with Crippen LogP contribution in [-0.4, -0.2) is 7.11 Å². The largest absolute Gasteiger partial charge is 0.494 e. The average molecular weight is 279 g/mol. The van der Waals surface area contributed by atoms with Crippen LogP contribution >= 0.6 is 0 Å². The summed E-state index contributed by atoms with van der Waals surface area (Å²) < 4.78 is 37.3. The fraction of sp³-hybridized carbons (Fsp3) is 0.200. The lowest BCUT2D eigenvalue weighted by molar-refractivity contribution is 0.289. The summed E-state index contributed by atoms with van der Waals surface area (Å²) in [5.41, 5.74) is 6.69. The second kappa shape index (κ2) is 6.34. The van der Waals surface area contributed by atoms with Crippen LogP contribution in [0.2, 0.25) is 0 Å². The summed E-state index contributed by atoms with van der Waals surface area (Å²) in [4.78, 5) is 0. The molecule has 3 nitrogen and oxygen atoms in total. The minimum Gasteiger partial charge on any atom is -0.494 e. The highest BCUT2D eigenvalue weighted by Gasteiger charge is 2.07. The molecular weight excluding hydrogens is 264 g/mol. The van der Waals surface area contributed by atoms with Gasteiger partial charge in [0.05, 0.1) is 7.11 Å². The number of ether oxygens (including phenoxy) is 2. The van der Waals surface area contributed by atoms with E-state index in [1.165, 1.54) is 31.4 Å². The number of methoxy groups -OCH3 is 1. The van der Waals surface area contributed by atoms with Gasteiger partial charge in [-0.15, -0.1) is 0 Å². The number of halogens is 2. The molecule has 0 atom stereocenters. The van der Waals surface area contributed by atoms with Crippen molar-refractivity contribution in [3.63, 3.8) is 0 Å². The highest BCUT2D eigenvalue weighted by atomic mass is 19.1. The fourth-order valence-corrected chi connectivity index (χ4v) is 1.75. The minimum atomic E-state index is -0.484. The summed E-state index contributed by atoms with van der Waals surface area (Å²) in [7, 11) is 1.39. The van der Waals surface area contributed by atoms with Gasteiger partial charge >= 0.3 is 0 Å². The highest BCUT2D eigenvalue weighted by molar-refractivity contribution is 5.31. The third kappa shape index (κ3) is 3.24. The van der Waals surface area contributed by atoms with E-state index in [4.69, 9.17) is 15.2 Å². The Morgan fingerprint density at radius 3 is 2.15 bits per heavy atom. The Morgan fingerprint density at radius 1 is 0.950 bits per heavy atom. The molecule has 0 bridgehead atoms. The van der Waals surface area contributed by atoms with Gasteiger partial charge < -0.3 is 15.2 Å². The van der Waals surface area contributed by atoms with Crippen LogP contribution in [0.1, 0.15) is 11.1 Å². The molecule has 0 aliphatic heterocycles. The molecule has 0 saturated carbocycles. The summed E-state index contributed by atoms with van der Waals surface area (Å²) in [6.07, 6.45) is 0. The molecule has 0 aliphatic carbocycles. The Balaban J connectivity index is 2.07. The lowest BCUT2D eigenvalue weighted by Gasteiger charge is -2.09. The van der Waals surface area contributed by atoms with Gasteiger partial charge in [0.25, 0.3) is 0 Å². The van der Waals surface area contributed by atoms with Crippen molar-refractivity contribution in [3.05, 3.63) is 59.2 Å². The molecule has 0 heterocycles. The molecule has 0 aliphatic rings. The SMILES string of the molecule is COc1ccc(COc2ccc(CN)cc2F)cc1F. The van der Waals surface area contributed by atoms with E-state index in [1.807, 2.05) is 0 Å². The zero-order chi connectivity index (χ0) is 14.5. The first kappa shape index (κ1) is 14.3. The molecular formula is C15H15F2NO2.